The van der Waals surface area contributed by atoms with Crippen LogP contribution in [0.3, 0.4) is 0 Å². The molecule has 0 aliphatic heterocycles. The third kappa shape index (κ3) is 6.20. The van der Waals surface area contributed by atoms with Gasteiger partial charge in [0, 0.05) is 11.0 Å². The van der Waals surface area contributed by atoms with Gasteiger partial charge in [-0.25, -0.2) is 0 Å². The smallest absolute Gasteiger partial charge is 1.00 e. The SMILES string of the molecule is COc1cc(Sc2ccc(C)cc2)c(OC)cc1[N+]#N.[Cl-].[Cl-].[Zn+]. The van der Waals surface area contributed by atoms with Crippen molar-refractivity contribution in [1.29, 1.82) is 5.39 Å². The molecule has 0 saturated heterocycles. The molecule has 0 unspecified atom stereocenters. The van der Waals surface area contributed by atoms with Gasteiger partial charge < -0.3 is 34.3 Å². The van der Waals surface area contributed by atoms with Crippen LogP contribution in [0.4, 0.5) is 5.69 Å². The van der Waals surface area contributed by atoms with Gasteiger partial charge in [-0.15, -0.1) is 0 Å². The molecule has 1 radical (unpaired) electrons. The van der Waals surface area contributed by atoms with Crippen LogP contribution in [0.5, 0.6) is 11.5 Å². The molecule has 0 aromatic heterocycles. The second kappa shape index (κ2) is 11.5. The van der Waals surface area contributed by atoms with Crippen molar-refractivity contribution in [2.45, 2.75) is 16.7 Å². The van der Waals surface area contributed by atoms with Crippen molar-refractivity contribution in [1.82, 2.24) is 0 Å². The average Bonchev–Trinajstić information content (AvgIpc) is 2.49. The van der Waals surface area contributed by atoms with E-state index in [2.05, 4.69) is 36.2 Å². The summed E-state index contributed by atoms with van der Waals surface area (Å²) in [5.41, 5.74) is 1.56. The van der Waals surface area contributed by atoms with Crippen LogP contribution in [0, 0.1) is 12.3 Å². The monoisotopic (exact) mass is 421 g/mol. The molecule has 0 atom stereocenters. The first-order valence-corrected chi connectivity index (χ1v) is 6.85. The Balaban J connectivity index is 0. The van der Waals surface area contributed by atoms with Crippen molar-refractivity contribution in [3.63, 3.8) is 0 Å². The molecule has 0 spiro atoms. The van der Waals surface area contributed by atoms with Gasteiger partial charge in [-0.3, -0.25) is 0 Å². The zero-order valence-electron chi connectivity index (χ0n) is 13.0. The van der Waals surface area contributed by atoms with Gasteiger partial charge in [0.05, 0.1) is 25.2 Å². The minimum Gasteiger partial charge on any atom is -1.00 e. The first kappa shape index (κ1) is 24.3. The van der Waals surface area contributed by atoms with Gasteiger partial charge in [0.1, 0.15) is 5.75 Å². The van der Waals surface area contributed by atoms with Crippen LogP contribution in [0.2, 0.25) is 0 Å². The van der Waals surface area contributed by atoms with E-state index < -0.39 is 0 Å². The molecule has 0 saturated carbocycles. The van der Waals surface area contributed by atoms with Crippen LogP contribution >= 0.6 is 11.8 Å². The van der Waals surface area contributed by atoms with Crippen molar-refractivity contribution in [3.05, 3.63) is 46.9 Å². The second-order valence-corrected chi connectivity index (χ2v) is 5.31. The van der Waals surface area contributed by atoms with E-state index in [1.54, 1.807) is 31.0 Å². The molecule has 2 rings (SSSR count). The fraction of sp³-hybridized carbons (Fsp3) is 0.200. The number of rotatable bonds is 4. The first-order chi connectivity index (χ1) is 9.67. The normalized spacial score (nSPS) is 8.61. The van der Waals surface area contributed by atoms with E-state index in [4.69, 9.17) is 14.9 Å². The Morgan fingerprint density at radius 1 is 0.957 bits per heavy atom. The van der Waals surface area contributed by atoms with E-state index in [1.165, 1.54) is 12.7 Å². The van der Waals surface area contributed by atoms with Gasteiger partial charge in [-0.2, -0.15) is 0 Å². The van der Waals surface area contributed by atoms with Crippen LogP contribution < -0.4 is 34.3 Å². The zero-order chi connectivity index (χ0) is 14.5. The number of diazo groups is 1. The van der Waals surface area contributed by atoms with Crippen molar-refractivity contribution in [2.75, 3.05) is 14.2 Å². The zero-order valence-corrected chi connectivity index (χ0v) is 18.3. The molecular weight excluding hydrogens is 409 g/mol. The number of methoxy groups -OCH3 is 2. The molecule has 23 heavy (non-hydrogen) atoms. The molecule has 8 heteroatoms. The average molecular weight is 424 g/mol. The molecule has 2 aromatic rings. The number of hydrogen-bond acceptors (Lipinski definition) is 4. The summed E-state index contributed by atoms with van der Waals surface area (Å²) in [6, 6.07) is 11.7. The fourth-order valence-electron chi connectivity index (χ4n) is 1.74. The maximum Gasteiger partial charge on any atom is 1.00 e. The summed E-state index contributed by atoms with van der Waals surface area (Å²) in [6.07, 6.45) is 0. The minimum absolute atomic E-state index is 0. The molecule has 0 aliphatic rings. The predicted molar refractivity (Wildman–Crippen MR) is 79.6 cm³/mol. The van der Waals surface area contributed by atoms with Crippen molar-refractivity contribution < 1.29 is 53.8 Å². The molecule has 0 bridgehead atoms. The van der Waals surface area contributed by atoms with E-state index >= 15 is 0 Å². The Morgan fingerprint density at radius 2 is 1.52 bits per heavy atom. The summed E-state index contributed by atoms with van der Waals surface area (Å²) in [5.74, 6) is 1.15. The first-order valence-electron chi connectivity index (χ1n) is 6.03. The molecule has 0 N–H and O–H groups in total. The number of aryl methyl sites for hydroxylation is 1. The molecule has 0 fully saturated rings. The Morgan fingerprint density at radius 3 is 2.00 bits per heavy atom. The summed E-state index contributed by atoms with van der Waals surface area (Å²) in [6.45, 7) is 2.05. The standard InChI is InChI=1S/C15H15N2O2S.2ClH.Zn/c1-10-4-6-11(7-5-10)20-15-9-13(18-2)12(17-16)8-14(15)19-3;;;/h4-9H,1-3H3;2*1H;/q+1;;;+1/p-2. The maximum absolute atomic E-state index is 8.96. The molecular formula is C15H15Cl2N2O2SZn. The van der Waals surface area contributed by atoms with E-state index in [-0.39, 0.29) is 44.3 Å². The molecule has 2 aromatic carbocycles. The van der Waals surface area contributed by atoms with Gasteiger partial charge in [-0.1, -0.05) is 29.5 Å². The van der Waals surface area contributed by atoms with Crippen LogP contribution in [-0.4, -0.2) is 14.2 Å². The molecule has 0 heterocycles. The summed E-state index contributed by atoms with van der Waals surface area (Å²) < 4.78 is 10.5. The van der Waals surface area contributed by atoms with Crippen LogP contribution in [-0.2, 0) is 19.5 Å². The third-order valence-electron chi connectivity index (χ3n) is 2.82. The van der Waals surface area contributed by atoms with E-state index in [9.17, 15) is 0 Å². The van der Waals surface area contributed by atoms with Crippen LogP contribution in [0.1, 0.15) is 5.56 Å². The van der Waals surface area contributed by atoms with Gasteiger partial charge in [0.2, 0.25) is 11.1 Å². The van der Waals surface area contributed by atoms with Gasteiger partial charge in [0.15, 0.2) is 4.98 Å². The van der Waals surface area contributed by atoms with Crippen molar-refractivity contribution in [3.8, 4) is 11.5 Å². The van der Waals surface area contributed by atoms with E-state index in [1.807, 2.05) is 0 Å². The molecule has 4 nitrogen and oxygen atoms in total. The minimum atomic E-state index is 0. The Labute approximate surface area is 165 Å². The van der Waals surface area contributed by atoms with E-state index in [0.29, 0.717) is 17.2 Å². The van der Waals surface area contributed by atoms with Gasteiger partial charge in [0.25, 0.3) is 0 Å². The summed E-state index contributed by atoms with van der Waals surface area (Å²) in [5, 5.41) is 8.96. The van der Waals surface area contributed by atoms with E-state index in [0.717, 1.165) is 9.79 Å². The van der Waals surface area contributed by atoms with Crippen molar-refractivity contribution in [2.24, 2.45) is 0 Å². The number of benzene rings is 2. The molecule has 119 valence electrons. The summed E-state index contributed by atoms with van der Waals surface area (Å²) in [7, 11) is 3.12. The number of nitrogens with zero attached hydrogens (tertiary/aromatic N) is 2. The van der Waals surface area contributed by atoms with Crippen LogP contribution in [0.15, 0.2) is 46.2 Å². The molecule has 0 amide bonds. The summed E-state index contributed by atoms with van der Waals surface area (Å²) >= 11 is 1.57. The molecule has 0 aliphatic carbocycles. The predicted octanol–water partition coefficient (Wildman–Crippen LogP) is -1.35. The largest absolute Gasteiger partial charge is 1.00 e. The number of hydrogen-bond donors (Lipinski definition) is 0. The van der Waals surface area contributed by atoms with Gasteiger partial charge >= 0.3 is 25.2 Å². The van der Waals surface area contributed by atoms with Gasteiger partial charge in [-0.05, 0) is 19.1 Å². The summed E-state index contributed by atoms with van der Waals surface area (Å²) in [4.78, 5) is 5.20. The number of halogens is 2. The second-order valence-electron chi connectivity index (χ2n) is 4.19. The topological polar surface area (TPSA) is 46.6 Å². The Bertz CT molecular complexity index is 664. The van der Waals surface area contributed by atoms with Crippen molar-refractivity contribution >= 4 is 17.4 Å². The fourth-order valence-corrected chi connectivity index (χ4v) is 2.68. The quantitative estimate of drug-likeness (QED) is 0.451. The number of ether oxygens (including phenoxy) is 2. The third-order valence-corrected chi connectivity index (χ3v) is 3.87. The Kier molecular flexibility index (Phi) is 12.2. The maximum atomic E-state index is 8.96. The Hall–Kier alpha value is -0.987. The van der Waals surface area contributed by atoms with Crippen LogP contribution in [0.25, 0.3) is 4.98 Å².